The zero-order valence-electron chi connectivity index (χ0n) is 22.5. The number of ether oxygens (including phenoxy) is 1. The fourth-order valence-corrected chi connectivity index (χ4v) is 6.57. The van der Waals surface area contributed by atoms with Crippen LogP contribution in [0.3, 0.4) is 0 Å². The first-order valence-electron chi connectivity index (χ1n) is 13.3. The minimum Gasteiger partial charge on any atom is -0.487 e. The molecule has 5 aromatic rings. The van der Waals surface area contributed by atoms with Gasteiger partial charge in [0.25, 0.3) is 0 Å². The number of aromatic nitrogens is 2. The van der Waals surface area contributed by atoms with Gasteiger partial charge in [-0.2, -0.15) is 0 Å². The Hall–Kier alpha value is -4.53. The lowest BCUT2D eigenvalue weighted by Gasteiger charge is -2.32. The average Bonchev–Trinajstić information content (AvgIpc) is 3.37. The molecule has 0 saturated heterocycles. The van der Waals surface area contributed by atoms with Crippen molar-refractivity contribution in [3.63, 3.8) is 0 Å². The van der Waals surface area contributed by atoms with E-state index in [1.165, 1.54) is 6.08 Å². The number of rotatable bonds is 8. The number of carbonyl (C=O) groups excluding carboxylic acids is 1. The third-order valence-electron chi connectivity index (χ3n) is 7.63. The van der Waals surface area contributed by atoms with Crippen molar-refractivity contribution < 1.29 is 17.9 Å². The summed E-state index contributed by atoms with van der Waals surface area (Å²) in [6, 6.07) is 27.4. The molecule has 0 amide bonds. The Kier molecular flexibility index (Phi) is 6.81. The number of fused-ring (bicyclic) bond motifs is 2. The lowest BCUT2D eigenvalue weighted by Crippen LogP contribution is -2.45. The Morgan fingerprint density at radius 1 is 0.976 bits per heavy atom. The molecule has 0 spiro atoms. The minimum absolute atomic E-state index is 0.291. The van der Waals surface area contributed by atoms with E-state index in [4.69, 9.17) is 9.88 Å². The summed E-state index contributed by atoms with van der Waals surface area (Å²) in [5.74, 6) is 0.475. The van der Waals surface area contributed by atoms with Crippen LogP contribution in [-0.4, -0.2) is 29.0 Å². The fraction of sp³-hybridized carbons (Fsp3) is 0.152. The second-order valence-corrected chi connectivity index (χ2v) is 12.2. The Morgan fingerprint density at radius 2 is 1.78 bits per heavy atom. The summed E-state index contributed by atoms with van der Waals surface area (Å²) in [6.07, 6.45) is 8.36. The van der Waals surface area contributed by atoms with E-state index < -0.39 is 20.7 Å². The van der Waals surface area contributed by atoms with E-state index in [-0.39, 0.29) is 5.78 Å². The number of sulfonamides is 1. The summed E-state index contributed by atoms with van der Waals surface area (Å²) >= 11 is 0. The number of nitrogens with zero attached hydrogens (tertiary/aromatic N) is 2. The number of ketones is 1. The number of hydrogen-bond acceptors (Lipinski definition) is 5. The number of nitrogens with two attached hydrogens (primary N) is 1. The van der Waals surface area contributed by atoms with E-state index in [2.05, 4.69) is 15.6 Å². The lowest BCUT2D eigenvalue weighted by molar-refractivity contribution is 0.0872. The molecule has 0 bridgehead atoms. The van der Waals surface area contributed by atoms with Crippen LogP contribution in [0, 0.1) is 5.41 Å². The van der Waals surface area contributed by atoms with E-state index in [0.29, 0.717) is 18.7 Å². The highest BCUT2D eigenvalue weighted by Gasteiger charge is 2.45. The lowest BCUT2D eigenvalue weighted by atomic mass is 9.76. The Bertz CT molecular complexity index is 1940. The van der Waals surface area contributed by atoms with Crippen LogP contribution in [0.25, 0.3) is 21.8 Å². The van der Waals surface area contributed by atoms with Gasteiger partial charge < -0.3 is 9.30 Å². The van der Waals surface area contributed by atoms with Crippen molar-refractivity contribution >= 4 is 37.6 Å². The SMILES string of the molecule is CC1(C(=O)c2ccc3c(ccn3Cc3ccc(OCc4ccc5ccccc5n4)cc3)c2)C=CC=CC1S(N)(=O)=O. The van der Waals surface area contributed by atoms with Crippen molar-refractivity contribution in [1.82, 2.24) is 9.55 Å². The molecule has 2 N–H and O–H groups in total. The quantitative estimate of drug-likeness (QED) is 0.241. The first-order valence-corrected chi connectivity index (χ1v) is 14.9. The van der Waals surface area contributed by atoms with Gasteiger partial charge in [0.2, 0.25) is 10.0 Å². The maximum Gasteiger partial charge on any atom is 0.216 e. The highest BCUT2D eigenvalue weighted by Crippen LogP contribution is 2.36. The van der Waals surface area contributed by atoms with Crippen LogP contribution in [0.2, 0.25) is 0 Å². The molecule has 6 rings (SSSR count). The van der Waals surface area contributed by atoms with Gasteiger partial charge in [-0.1, -0.05) is 60.7 Å². The third-order valence-corrected chi connectivity index (χ3v) is 8.98. The summed E-state index contributed by atoms with van der Waals surface area (Å²) in [6.45, 7) is 2.64. The van der Waals surface area contributed by atoms with Gasteiger partial charge in [0.15, 0.2) is 5.78 Å². The molecule has 41 heavy (non-hydrogen) atoms. The predicted octanol–water partition coefficient (Wildman–Crippen LogP) is 5.79. The maximum atomic E-state index is 13.5. The molecule has 0 aliphatic heterocycles. The normalized spacial score (nSPS) is 18.6. The Morgan fingerprint density at radius 3 is 2.59 bits per heavy atom. The monoisotopic (exact) mass is 563 g/mol. The molecule has 2 aromatic heterocycles. The molecule has 3 aromatic carbocycles. The van der Waals surface area contributed by atoms with Gasteiger partial charge in [-0.05, 0) is 61.0 Å². The smallest absolute Gasteiger partial charge is 0.216 e. The van der Waals surface area contributed by atoms with Gasteiger partial charge in [-0.25, -0.2) is 18.5 Å². The van der Waals surface area contributed by atoms with E-state index in [1.807, 2.05) is 79.0 Å². The van der Waals surface area contributed by atoms with Crippen LogP contribution < -0.4 is 9.88 Å². The Labute approximate surface area is 238 Å². The summed E-state index contributed by atoms with van der Waals surface area (Å²) in [5, 5.41) is 6.33. The minimum atomic E-state index is -3.96. The van der Waals surface area contributed by atoms with Crippen molar-refractivity contribution in [2.45, 2.75) is 25.3 Å². The summed E-state index contributed by atoms with van der Waals surface area (Å²) in [5.41, 5.74) is 3.04. The number of primary sulfonamides is 1. The molecule has 2 unspecified atom stereocenters. The van der Waals surface area contributed by atoms with E-state index >= 15 is 0 Å². The molecule has 8 heteroatoms. The number of benzene rings is 3. The first-order chi connectivity index (χ1) is 19.7. The third kappa shape index (κ3) is 5.31. The first kappa shape index (κ1) is 26.7. The molecule has 1 aliphatic carbocycles. The van der Waals surface area contributed by atoms with Crippen LogP contribution in [-0.2, 0) is 23.2 Å². The molecule has 206 valence electrons. The highest BCUT2D eigenvalue weighted by molar-refractivity contribution is 7.90. The van der Waals surface area contributed by atoms with Gasteiger partial charge in [-0.3, -0.25) is 4.79 Å². The number of carbonyl (C=O) groups is 1. The molecule has 0 fully saturated rings. The van der Waals surface area contributed by atoms with Gasteiger partial charge in [0.1, 0.15) is 17.6 Å². The van der Waals surface area contributed by atoms with Crippen LogP contribution in [0.1, 0.15) is 28.5 Å². The Balaban J connectivity index is 1.15. The molecule has 0 saturated carbocycles. The second kappa shape index (κ2) is 10.5. The molecule has 0 radical (unpaired) electrons. The largest absolute Gasteiger partial charge is 0.487 e. The van der Waals surface area contributed by atoms with Crippen molar-refractivity contribution in [2.24, 2.45) is 10.6 Å². The number of pyridine rings is 1. The molecular weight excluding hydrogens is 534 g/mol. The zero-order valence-corrected chi connectivity index (χ0v) is 23.3. The number of hydrogen-bond donors (Lipinski definition) is 1. The topological polar surface area (TPSA) is 104 Å². The molecule has 2 atom stereocenters. The van der Waals surface area contributed by atoms with Gasteiger partial charge in [0, 0.05) is 34.6 Å². The van der Waals surface area contributed by atoms with Crippen LogP contribution in [0.15, 0.2) is 115 Å². The number of para-hydroxylation sites is 1. The summed E-state index contributed by atoms with van der Waals surface area (Å²) in [7, 11) is -3.96. The fourth-order valence-electron chi connectivity index (χ4n) is 5.39. The van der Waals surface area contributed by atoms with Crippen LogP contribution >= 0.6 is 0 Å². The van der Waals surface area contributed by atoms with Crippen molar-refractivity contribution in [2.75, 3.05) is 0 Å². The maximum absolute atomic E-state index is 13.5. The predicted molar refractivity (Wildman–Crippen MR) is 161 cm³/mol. The highest BCUT2D eigenvalue weighted by atomic mass is 32.2. The summed E-state index contributed by atoms with van der Waals surface area (Å²) in [4.78, 5) is 18.2. The molecule has 1 aliphatic rings. The standard InChI is InChI=1S/C33H29N3O4S/c1-33(18-5-4-8-31(33)41(34,38)39)32(37)26-12-16-30-25(20-26)17-19-36(30)21-23-9-14-28(15-10-23)40-22-27-13-11-24-6-2-3-7-29(24)35-27/h2-20,31H,21-22H2,1H3,(H2,34,38,39). The van der Waals surface area contributed by atoms with E-state index in [9.17, 15) is 13.2 Å². The van der Waals surface area contributed by atoms with Crippen molar-refractivity contribution in [3.05, 3.63) is 132 Å². The zero-order chi connectivity index (χ0) is 28.6. The van der Waals surface area contributed by atoms with Crippen molar-refractivity contribution in [1.29, 1.82) is 0 Å². The van der Waals surface area contributed by atoms with Crippen LogP contribution in [0.5, 0.6) is 5.75 Å². The number of allylic oxidation sites excluding steroid dienone is 3. The van der Waals surface area contributed by atoms with Crippen LogP contribution in [0.4, 0.5) is 0 Å². The van der Waals surface area contributed by atoms with Crippen molar-refractivity contribution in [3.8, 4) is 5.75 Å². The van der Waals surface area contributed by atoms with E-state index in [0.717, 1.165) is 38.8 Å². The van der Waals surface area contributed by atoms with Gasteiger partial charge in [0.05, 0.1) is 16.6 Å². The van der Waals surface area contributed by atoms with Gasteiger partial charge >= 0.3 is 0 Å². The van der Waals surface area contributed by atoms with E-state index in [1.54, 1.807) is 31.2 Å². The van der Waals surface area contributed by atoms with Gasteiger partial charge in [-0.15, -0.1) is 0 Å². The summed E-state index contributed by atoms with van der Waals surface area (Å²) < 4.78 is 32.5. The number of Topliss-reactive ketones (excluding diaryl/α,β-unsaturated/α-hetero) is 1. The second-order valence-electron chi connectivity index (χ2n) is 10.5. The molecular formula is C33H29N3O4S. The molecule has 7 nitrogen and oxygen atoms in total. The average molecular weight is 564 g/mol. The molecule has 2 heterocycles.